The maximum atomic E-state index is 13.4. The number of carbonyl (C=O) groups is 1. The minimum absolute atomic E-state index is 0.0244. The molecule has 2 heterocycles. The van der Waals surface area contributed by atoms with Gasteiger partial charge in [0.05, 0.1) is 5.52 Å². The van der Waals surface area contributed by atoms with Gasteiger partial charge < -0.3 is 10.6 Å². The summed E-state index contributed by atoms with van der Waals surface area (Å²) in [7, 11) is -4.44. The van der Waals surface area contributed by atoms with E-state index in [0.29, 0.717) is 35.1 Å². The standard InChI is InChI=1S/C23H18N4O4S/c24-23-25-19-10-9-14(17-7-3-4-8-20(17)32(29,30)31)11-18(19)21(26-23)22(28)27-12-15-5-1-2-6-16(15)13-27/h1-11H,12-13H2,(H2,24,25,26)(H,29,30,31). The molecule has 0 saturated heterocycles. The minimum Gasteiger partial charge on any atom is -0.368 e. The van der Waals surface area contributed by atoms with E-state index in [9.17, 15) is 17.8 Å². The zero-order chi connectivity index (χ0) is 22.5. The van der Waals surface area contributed by atoms with Crippen molar-refractivity contribution >= 4 is 32.9 Å². The van der Waals surface area contributed by atoms with Gasteiger partial charge >= 0.3 is 0 Å². The number of nitrogens with two attached hydrogens (primary N) is 1. The van der Waals surface area contributed by atoms with Crippen LogP contribution in [0.15, 0.2) is 71.6 Å². The van der Waals surface area contributed by atoms with Crippen molar-refractivity contribution in [3.05, 3.63) is 83.6 Å². The average Bonchev–Trinajstić information content (AvgIpc) is 3.21. The van der Waals surface area contributed by atoms with Crippen LogP contribution < -0.4 is 5.73 Å². The number of fused-ring (bicyclic) bond motifs is 2. The fourth-order valence-electron chi connectivity index (χ4n) is 4.03. The van der Waals surface area contributed by atoms with E-state index in [2.05, 4.69) is 9.97 Å². The predicted octanol–water partition coefficient (Wildman–Crippen LogP) is 3.28. The van der Waals surface area contributed by atoms with E-state index in [-0.39, 0.29) is 22.4 Å². The maximum Gasteiger partial charge on any atom is 0.295 e. The van der Waals surface area contributed by atoms with Crippen molar-refractivity contribution < 1.29 is 17.8 Å². The summed E-state index contributed by atoms with van der Waals surface area (Å²) in [5.41, 5.74) is 9.44. The molecule has 1 aliphatic rings. The number of aromatic nitrogens is 2. The van der Waals surface area contributed by atoms with Gasteiger partial charge in [-0.25, -0.2) is 9.97 Å². The first kappa shape index (κ1) is 20.1. The van der Waals surface area contributed by atoms with Crippen LogP contribution in [-0.4, -0.2) is 33.7 Å². The third kappa shape index (κ3) is 3.47. The Balaban J connectivity index is 1.63. The number of hydrogen-bond donors (Lipinski definition) is 2. The number of carbonyl (C=O) groups excluding carboxylic acids is 1. The van der Waals surface area contributed by atoms with Crippen molar-refractivity contribution in [3.63, 3.8) is 0 Å². The van der Waals surface area contributed by atoms with Crippen LogP contribution in [0.25, 0.3) is 22.0 Å². The number of anilines is 1. The fraction of sp³-hybridized carbons (Fsp3) is 0.0870. The van der Waals surface area contributed by atoms with Crippen molar-refractivity contribution in [1.29, 1.82) is 0 Å². The van der Waals surface area contributed by atoms with E-state index in [1.165, 1.54) is 12.1 Å². The van der Waals surface area contributed by atoms with Crippen LogP contribution >= 0.6 is 0 Å². The molecule has 5 rings (SSSR count). The average molecular weight is 446 g/mol. The normalized spacial score (nSPS) is 13.3. The lowest BCUT2D eigenvalue weighted by Gasteiger charge is -2.17. The topological polar surface area (TPSA) is 126 Å². The molecule has 0 fully saturated rings. The number of rotatable bonds is 3. The zero-order valence-electron chi connectivity index (χ0n) is 16.8. The molecule has 3 aromatic carbocycles. The Bertz CT molecular complexity index is 1480. The van der Waals surface area contributed by atoms with Crippen LogP contribution in [0.1, 0.15) is 21.6 Å². The molecule has 0 spiro atoms. The molecule has 3 N–H and O–H groups in total. The summed E-state index contributed by atoms with van der Waals surface area (Å²) in [6.07, 6.45) is 0. The maximum absolute atomic E-state index is 13.4. The van der Waals surface area contributed by atoms with Crippen molar-refractivity contribution in [2.75, 3.05) is 5.73 Å². The van der Waals surface area contributed by atoms with Crippen LogP contribution in [0.5, 0.6) is 0 Å². The van der Waals surface area contributed by atoms with Gasteiger partial charge in [0.1, 0.15) is 10.6 Å². The molecule has 160 valence electrons. The van der Waals surface area contributed by atoms with Gasteiger partial charge in [-0.05, 0) is 34.9 Å². The molecule has 0 saturated carbocycles. The van der Waals surface area contributed by atoms with E-state index >= 15 is 0 Å². The van der Waals surface area contributed by atoms with E-state index in [1.807, 2.05) is 24.3 Å². The molecular formula is C23H18N4O4S. The van der Waals surface area contributed by atoms with Gasteiger partial charge in [-0.3, -0.25) is 9.35 Å². The van der Waals surface area contributed by atoms with E-state index in [1.54, 1.807) is 35.2 Å². The lowest BCUT2D eigenvalue weighted by Crippen LogP contribution is -2.27. The van der Waals surface area contributed by atoms with Gasteiger partial charge in [-0.15, -0.1) is 0 Å². The summed E-state index contributed by atoms with van der Waals surface area (Å²) in [6.45, 7) is 0.928. The molecule has 1 amide bonds. The summed E-state index contributed by atoms with van der Waals surface area (Å²) in [4.78, 5) is 23.3. The van der Waals surface area contributed by atoms with Crippen molar-refractivity contribution in [1.82, 2.24) is 14.9 Å². The van der Waals surface area contributed by atoms with Gasteiger partial charge in [-0.1, -0.05) is 48.5 Å². The number of hydrogen-bond acceptors (Lipinski definition) is 6. The summed E-state index contributed by atoms with van der Waals surface area (Å²) < 4.78 is 33.3. The first-order valence-corrected chi connectivity index (χ1v) is 11.3. The summed E-state index contributed by atoms with van der Waals surface area (Å²) in [5, 5.41) is 0.447. The van der Waals surface area contributed by atoms with E-state index in [4.69, 9.17) is 5.73 Å². The van der Waals surface area contributed by atoms with Crippen LogP contribution in [0.4, 0.5) is 5.95 Å². The van der Waals surface area contributed by atoms with Gasteiger partial charge in [0.15, 0.2) is 0 Å². The van der Waals surface area contributed by atoms with Crippen LogP contribution in [-0.2, 0) is 23.2 Å². The lowest BCUT2D eigenvalue weighted by molar-refractivity contribution is 0.0747. The van der Waals surface area contributed by atoms with Gasteiger partial charge in [0, 0.05) is 24.0 Å². The monoisotopic (exact) mass is 446 g/mol. The Morgan fingerprint density at radius 1 is 0.938 bits per heavy atom. The summed E-state index contributed by atoms with van der Waals surface area (Å²) in [5.74, 6) is -0.316. The van der Waals surface area contributed by atoms with Gasteiger partial charge in [0.2, 0.25) is 5.95 Å². The number of benzene rings is 3. The quantitative estimate of drug-likeness (QED) is 0.462. The zero-order valence-corrected chi connectivity index (χ0v) is 17.6. The SMILES string of the molecule is Nc1nc(C(=O)N2Cc3ccccc3C2)c2cc(-c3ccccc3S(=O)(=O)O)ccc2n1. The smallest absolute Gasteiger partial charge is 0.295 e. The Kier molecular flexibility index (Phi) is 4.65. The highest BCUT2D eigenvalue weighted by atomic mass is 32.2. The number of nitrogen functional groups attached to an aromatic ring is 1. The van der Waals surface area contributed by atoms with E-state index in [0.717, 1.165) is 11.1 Å². The highest BCUT2D eigenvalue weighted by Crippen LogP contribution is 2.32. The molecule has 0 radical (unpaired) electrons. The molecule has 9 heteroatoms. The lowest BCUT2D eigenvalue weighted by atomic mass is 10.0. The minimum atomic E-state index is -4.44. The molecular weight excluding hydrogens is 428 g/mol. The second-order valence-electron chi connectivity index (χ2n) is 7.56. The van der Waals surface area contributed by atoms with Gasteiger partial charge in [0.25, 0.3) is 16.0 Å². The molecule has 0 unspecified atom stereocenters. The predicted molar refractivity (Wildman–Crippen MR) is 119 cm³/mol. The largest absolute Gasteiger partial charge is 0.368 e. The van der Waals surface area contributed by atoms with Crippen molar-refractivity contribution in [2.24, 2.45) is 0 Å². The Labute approximate surface area is 184 Å². The summed E-state index contributed by atoms with van der Waals surface area (Å²) in [6, 6.07) is 18.9. The Morgan fingerprint density at radius 2 is 1.59 bits per heavy atom. The molecule has 32 heavy (non-hydrogen) atoms. The third-order valence-corrected chi connectivity index (χ3v) is 6.43. The number of amides is 1. The first-order valence-electron chi connectivity index (χ1n) is 9.81. The van der Waals surface area contributed by atoms with Gasteiger partial charge in [-0.2, -0.15) is 8.42 Å². The van der Waals surface area contributed by atoms with Crippen molar-refractivity contribution in [3.8, 4) is 11.1 Å². The highest BCUT2D eigenvalue weighted by Gasteiger charge is 2.27. The molecule has 1 aliphatic heterocycles. The Hall–Kier alpha value is -3.82. The number of nitrogens with zero attached hydrogens (tertiary/aromatic N) is 3. The third-order valence-electron chi connectivity index (χ3n) is 5.52. The molecule has 0 atom stereocenters. The fourth-order valence-corrected chi connectivity index (χ4v) is 4.75. The summed E-state index contributed by atoms with van der Waals surface area (Å²) >= 11 is 0. The molecule has 4 aromatic rings. The van der Waals surface area contributed by atoms with Crippen LogP contribution in [0.2, 0.25) is 0 Å². The van der Waals surface area contributed by atoms with Crippen molar-refractivity contribution in [2.45, 2.75) is 18.0 Å². The molecule has 0 aliphatic carbocycles. The first-order chi connectivity index (χ1) is 15.3. The van der Waals surface area contributed by atoms with Crippen LogP contribution in [0.3, 0.4) is 0 Å². The second-order valence-corrected chi connectivity index (χ2v) is 8.95. The molecule has 0 bridgehead atoms. The highest BCUT2D eigenvalue weighted by molar-refractivity contribution is 7.86. The van der Waals surface area contributed by atoms with E-state index < -0.39 is 10.1 Å². The molecule has 8 nitrogen and oxygen atoms in total. The second kappa shape index (κ2) is 7.40. The molecule has 1 aromatic heterocycles. The Morgan fingerprint density at radius 3 is 2.28 bits per heavy atom. The van der Waals surface area contributed by atoms with Crippen LogP contribution in [0, 0.1) is 0 Å².